The Morgan fingerprint density at radius 2 is 2.12 bits per heavy atom. The lowest BCUT2D eigenvalue weighted by molar-refractivity contribution is -0.142. The molecule has 1 aromatic carbocycles. The summed E-state index contributed by atoms with van der Waals surface area (Å²) in [5, 5.41) is 0. The van der Waals surface area contributed by atoms with Gasteiger partial charge in [0.25, 0.3) is 0 Å². The topological polar surface area (TPSA) is 26.3 Å². The first-order chi connectivity index (χ1) is 7.63. The highest BCUT2D eigenvalue weighted by atomic mass is 79.9. The second-order valence-electron chi connectivity index (χ2n) is 3.68. The average Bonchev–Trinajstić information content (AvgIpc) is 2.31. The maximum atomic E-state index is 11.7. The number of ether oxygens (including phenoxy) is 1. The van der Waals surface area contributed by atoms with Gasteiger partial charge in [0.2, 0.25) is 0 Å². The first kappa shape index (κ1) is 13.2. The first-order valence-corrected chi connectivity index (χ1v) is 6.29. The van der Waals surface area contributed by atoms with Crippen LogP contribution in [0.1, 0.15) is 37.3 Å². The van der Waals surface area contributed by atoms with Crippen molar-refractivity contribution in [3.63, 3.8) is 0 Å². The third kappa shape index (κ3) is 2.85. The minimum Gasteiger partial charge on any atom is -0.469 e. The van der Waals surface area contributed by atoms with Gasteiger partial charge in [-0.2, -0.15) is 0 Å². The summed E-state index contributed by atoms with van der Waals surface area (Å²) in [5.41, 5.74) is 2.28. The van der Waals surface area contributed by atoms with Crippen molar-refractivity contribution >= 4 is 21.9 Å². The van der Waals surface area contributed by atoms with Gasteiger partial charge in [0, 0.05) is 4.47 Å². The number of benzene rings is 1. The third-order valence-electron chi connectivity index (χ3n) is 2.76. The van der Waals surface area contributed by atoms with Gasteiger partial charge in [-0.3, -0.25) is 4.79 Å². The summed E-state index contributed by atoms with van der Waals surface area (Å²) in [4.78, 5) is 11.7. The molecule has 0 fully saturated rings. The van der Waals surface area contributed by atoms with Crippen molar-refractivity contribution in [2.45, 2.75) is 32.6 Å². The molecule has 2 nitrogen and oxygen atoms in total. The molecule has 0 amide bonds. The van der Waals surface area contributed by atoms with Crippen LogP contribution in [-0.4, -0.2) is 13.1 Å². The molecule has 0 heterocycles. The second kappa shape index (κ2) is 6.04. The summed E-state index contributed by atoms with van der Waals surface area (Å²) >= 11 is 3.45. The number of hydrogen-bond donors (Lipinski definition) is 0. The Hall–Kier alpha value is -0.830. The second-order valence-corrected chi connectivity index (χ2v) is 4.60. The Labute approximate surface area is 105 Å². The van der Waals surface area contributed by atoms with Crippen LogP contribution in [0, 0.1) is 0 Å². The fourth-order valence-electron chi connectivity index (χ4n) is 1.88. The fraction of sp³-hybridized carbons (Fsp3) is 0.462. The van der Waals surface area contributed by atoms with E-state index in [2.05, 4.69) is 28.9 Å². The Balaban J connectivity index is 3.14. The van der Waals surface area contributed by atoms with Gasteiger partial charge in [-0.1, -0.05) is 35.8 Å². The van der Waals surface area contributed by atoms with Crippen molar-refractivity contribution in [1.82, 2.24) is 0 Å². The number of halogens is 1. The zero-order chi connectivity index (χ0) is 12.1. The van der Waals surface area contributed by atoms with E-state index >= 15 is 0 Å². The van der Waals surface area contributed by atoms with Gasteiger partial charge < -0.3 is 4.74 Å². The lowest BCUT2D eigenvalue weighted by Gasteiger charge is -2.16. The lowest BCUT2D eigenvalue weighted by atomic mass is 9.91. The maximum absolute atomic E-state index is 11.7. The van der Waals surface area contributed by atoms with Crippen molar-refractivity contribution in [1.29, 1.82) is 0 Å². The molecule has 0 N–H and O–H groups in total. The number of methoxy groups -OCH3 is 1. The molecule has 0 bridgehead atoms. The largest absolute Gasteiger partial charge is 0.469 e. The molecule has 0 aromatic heterocycles. The monoisotopic (exact) mass is 284 g/mol. The number of esters is 1. The van der Waals surface area contributed by atoms with E-state index in [1.165, 1.54) is 12.7 Å². The number of aryl methyl sites for hydroxylation is 1. The van der Waals surface area contributed by atoms with Crippen molar-refractivity contribution in [2.75, 3.05) is 7.11 Å². The zero-order valence-corrected chi connectivity index (χ0v) is 11.5. The van der Waals surface area contributed by atoms with Crippen LogP contribution in [0.2, 0.25) is 0 Å². The highest BCUT2D eigenvalue weighted by Crippen LogP contribution is 2.27. The van der Waals surface area contributed by atoms with E-state index in [1.54, 1.807) is 0 Å². The van der Waals surface area contributed by atoms with Crippen molar-refractivity contribution in [2.24, 2.45) is 0 Å². The van der Waals surface area contributed by atoms with Crippen LogP contribution in [0.15, 0.2) is 22.7 Å². The first-order valence-electron chi connectivity index (χ1n) is 5.50. The molecule has 0 radical (unpaired) electrons. The Bertz CT molecular complexity index is 374. The van der Waals surface area contributed by atoms with Crippen LogP contribution < -0.4 is 0 Å². The van der Waals surface area contributed by atoms with E-state index < -0.39 is 0 Å². The molecule has 1 aromatic rings. The third-order valence-corrected chi connectivity index (χ3v) is 3.25. The van der Waals surface area contributed by atoms with Crippen LogP contribution >= 0.6 is 15.9 Å². The maximum Gasteiger partial charge on any atom is 0.313 e. The molecule has 1 atom stereocenters. The van der Waals surface area contributed by atoms with Gasteiger partial charge in [-0.05, 0) is 36.1 Å². The molecular formula is C13H17BrO2. The average molecular weight is 285 g/mol. The molecule has 0 aliphatic rings. The van der Waals surface area contributed by atoms with E-state index in [-0.39, 0.29) is 11.9 Å². The molecule has 1 rings (SSSR count). The highest BCUT2D eigenvalue weighted by molar-refractivity contribution is 9.10. The molecule has 88 valence electrons. The lowest BCUT2D eigenvalue weighted by Crippen LogP contribution is -2.15. The van der Waals surface area contributed by atoms with Gasteiger partial charge in [-0.15, -0.1) is 0 Å². The number of hydrogen-bond acceptors (Lipinski definition) is 2. The number of carbonyl (C=O) groups is 1. The molecule has 1 unspecified atom stereocenters. The van der Waals surface area contributed by atoms with E-state index in [4.69, 9.17) is 4.74 Å². The number of rotatable bonds is 4. The summed E-state index contributed by atoms with van der Waals surface area (Å²) in [6, 6.07) is 6.05. The van der Waals surface area contributed by atoms with E-state index in [9.17, 15) is 4.79 Å². The predicted octanol–water partition coefficient (Wildman–Crippen LogP) is 3.68. The zero-order valence-electron chi connectivity index (χ0n) is 9.92. The van der Waals surface area contributed by atoms with Crippen LogP contribution in [0.3, 0.4) is 0 Å². The summed E-state index contributed by atoms with van der Waals surface area (Å²) in [6.07, 6.45) is 1.68. The van der Waals surface area contributed by atoms with Crippen LogP contribution in [0.4, 0.5) is 0 Å². The molecule has 16 heavy (non-hydrogen) atoms. The van der Waals surface area contributed by atoms with Crippen LogP contribution in [-0.2, 0) is 16.0 Å². The minimum atomic E-state index is -0.153. The summed E-state index contributed by atoms with van der Waals surface area (Å²) in [7, 11) is 1.44. The SMILES string of the molecule is CCc1cc(Br)ccc1C(CC)C(=O)OC. The minimum absolute atomic E-state index is 0.145. The summed E-state index contributed by atoms with van der Waals surface area (Å²) in [5.74, 6) is -0.299. The molecule has 0 aliphatic carbocycles. The van der Waals surface area contributed by atoms with Crippen molar-refractivity contribution in [3.8, 4) is 0 Å². The van der Waals surface area contributed by atoms with Crippen LogP contribution in [0.25, 0.3) is 0 Å². The Morgan fingerprint density at radius 1 is 1.44 bits per heavy atom. The fourth-order valence-corrected chi connectivity index (χ4v) is 2.28. The normalized spacial score (nSPS) is 12.2. The smallest absolute Gasteiger partial charge is 0.313 e. The van der Waals surface area contributed by atoms with Gasteiger partial charge in [0.15, 0.2) is 0 Å². The molecule has 3 heteroatoms. The predicted molar refractivity (Wildman–Crippen MR) is 68.6 cm³/mol. The molecule has 0 saturated carbocycles. The summed E-state index contributed by atoms with van der Waals surface area (Å²) < 4.78 is 5.89. The Morgan fingerprint density at radius 3 is 2.62 bits per heavy atom. The molecule has 0 saturated heterocycles. The standard InChI is InChI=1S/C13H17BrO2/c1-4-9-8-10(14)6-7-12(9)11(5-2)13(15)16-3/h6-8,11H,4-5H2,1-3H3. The van der Waals surface area contributed by atoms with E-state index in [0.29, 0.717) is 0 Å². The van der Waals surface area contributed by atoms with Gasteiger partial charge in [0.05, 0.1) is 13.0 Å². The van der Waals surface area contributed by atoms with Gasteiger partial charge in [-0.25, -0.2) is 0 Å². The molecule has 0 spiro atoms. The van der Waals surface area contributed by atoms with Gasteiger partial charge in [0.1, 0.15) is 0 Å². The van der Waals surface area contributed by atoms with Crippen molar-refractivity contribution in [3.05, 3.63) is 33.8 Å². The highest BCUT2D eigenvalue weighted by Gasteiger charge is 2.21. The van der Waals surface area contributed by atoms with E-state index in [0.717, 1.165) is 22.9 Å². The Kier molecular flexibility index (Phi) is 5.00. The quantitative estimate of drug-likeness (QED) is 0.789. The van der Waals surface area contributed by atoms with E-state index in [1.807, 2.05) is 19.1 Å². The molecular weight excluding hydrogens is 268 g/mol. The summed E-state index contributed by atoms with van der Waals surface area (Å²) in [6.45, 7) is 4.10. The number of carbonyl (C=O) groups excluding carboxylic acids is 1. The van der Waals surface area contributed by atoms with Crippen molar-refractivity contribution < 1.29 is 9.53 Å². The molecule has 0 aliphatic heterocycles. The van der Waals surface area contributed by atoms with Crippen LogP contribution in [0.5, 0.6) is 0 Å². The van der Waals surface area contributed by atoms with Gasteiger partial charge >= 0.3 is 5.97 Å².